The highest BCUT2D eigenvalue weighted by atomic mass is 16.6. The number of hydrogen-bond donors (Lipinski definition) is 3. The van der Waals surface area contributed by atoms with Crippen molar-refractivity contribution in [1.29, 1.82) is 0 Å². The van der Waals surface area contributed by atoms with Crippen LogP contribution in [0.3, 0.4) is 0 Å². The van der Waals surface area contributed by atoms with E-state index in [1.165, 1.54) is 17.7 Å². The first-order valence-electron chi connectivity index (χ1n) is 9.41. The number of nitrogens with zero attached hydrogens (tertiary/aromatic N) is 1. The zero-order valence-electron chi connectivity index (χ0n) is 15.7. The molecule has 2 aromatic rings. The topological polar surface area (TPSA) is 109 Å². The normalized spacial score (nSPS) is 17.0. The first kappa shape index (κ1) is 18.8. The van der Waals surface area contributed by atoms with Gasteiger partial charge in [0.25, 0.3) is 0 Å². The first-order valence-corrected chi connectivity index (χ1v) is 9.41. The summed E-state index contributed by atoms with van der Waals surface area (Å²) in [4.78, 5) is 28.3. The van der Waals surface area contributed by atoms with Gasteiger partial charge in [-0.1, -0.05) is 17.3 Å². The van der Waals surface area contributed by atoms with Crippen molar-refractivity contribution in [1.82, 2.24) is 10.6 Å². The van der Waals surface area contributed by atoms with E-state index in [-0.39, 0.29) is 17.7 Å². The van der Waals surface area contributed by atoms with Crippen molar-refractivity contribution in [2.24, 2.45) is 5.16 Å². The van der Waals surface area contributed by atoms with Gasteiger partial charge in [-0.15, -0.1) is 0 Å². The van der Waals surface area contributed by atoms with Crippen LogP contribution >= 0.6 is 0 Å². The number of ether oxygens (including phenoxy) is 1. The van der Waals surface area contributed by atoms with E-state index < -0.39 is 5.97 Å². The number of benzene rings is 2. The molecule has 4 rings (SSSR count). The number of urea groups is 1. The average Bonchev–Trinajstić information content (AvgIpc) is 3.39. The lowest BCUT2D eigenvalue weighted by atomic mass is 10.0. The molecule has 0 radical (unpaired) electrons. The average molecular weight is 395 g/mol. The number of carboxylic acid groups (broad SMARTS) is 1. The van der Waals surface area contributed by atoms with E-state index in [0.717, 1.165) is 29.0 Å². The number of carboxylic acids is 1. The summed E-state index contributed by atoms with van der Waals surface area (Å²) in [6, 6.07) is 12.1. The van der Waals surface area contributed by atoms with Gasteiger partial charge in [-0.2, -0.15) is 0 Å². The quantitative estimate of drug-likeness (QED) is 0.695. The van der Waals surface area contributed by atoms with E-state index in [1.807, 2.05) is 12.1 Å². The molecule has 29 heavy (non-hydrogen) atoms. The Kier molecular flexibility index (Phi) is 5.33. The fraction of sp³-hybridized carbons (Fsp3) is 0.286. The van der Waals surface area contributed by atoms with Crippen LogP contribution in [0.25, 0.3) is 0 Å². The van der Waals surface area contributed by atoms with Gasteiger partial charge in [0.15, 0.2) is 6.10 Å². The van der Waals surface area contributed by atoms with Crippen LogP contribution in [0.2, 0.25) is 0 Å². The number of hydrogen-bond acceptors (Lipinski definition) is 5. The summed E-state index contributed by atoms with van der Waals surface area (Å²) in [5, 5.41) is 18.6. The molecule has 2 heterocycles. The lowest BCUT2D eigenvalue weighted by molar-refractivity contribution is 0.0697. The Bertz CT molecular complexity index is 955. The maximum absolute atomic E-state index is 12.0. The second-order valence-electron chi connectivity index (χ2n) is 6.96. The van der Waals surface area contributed by atoms with Crippen LogP contribution in [0, 0.1) is 0 Å². The molecule has 0 aromatic heterocycles. The number of rotatable bonds is 6. The number of fused-ring (bicyclic) bond motifs is 1. The van der Waals surface area contributed by atoms with Crippen molar-refractivity contribution in [2.75, 3.05) is 13.2 Å². The molecule has 8 nitrogen and oxygen atoms in total. The Morgan fingerprint density at radius 2 is 1.97 bits per heavy atom. The fourth-order valence-electron chi connectivity index (χ4n) is 3.29. The van der Waals surface area contributed by atoms with E-state index in [2.05, 4.69) is 21.9 Å². The van der Waals surface area contributed by atoms with Gasteiger partial charge in [-0.25, -0.2) is 9.59 Å². The molecule has 2 aromatic carbocycles. The number of carbonyl (C=O) groups is 2. The van der Waals surface area contributed by atoms with Gasteiger partial charge in [0.05, 0.1) is 24.4 Å². The van der Waals surface area contributed by atoms with E-state index >= 15 is 0 Å². The Morgan fingerprint density at radius 3 is 2.76 bits per heavy atom. The number of aromatic carboxylic acids is 1. The molecule has 0 bridgehead atoms. The largest absolute Gasteiger partial charge is 0.493 e. The van der Waals surface area contributed by atoms with Crippen LogP contribution in [-0.2, 0) is 17.8 Å². The molecule has 2 aliphatic rings. The summed E-state index contributed by atoms with van der Waals surface area (Å²) in [7, 11) is 0. The summed E-state index contributed by atoms with van der Waals surface area (Å²) >= 11 is 0. The smallest absolute Gasteiger partial charge is 0.335 e. The summed E-state index contributed by atoms with van der Waals surface area (Å²) in [6.07, 6.45) is 1.31. The zero-order chi connectivity index (χ0) is 20.2. The van der Waals surface area contributed by atoms with Gasteiger partial charge in [-0.05, 0) is 47.0 Å². The van der Waals surface area contributed by atoms with Gasteiger partial charge in [-0.3, -0.25) is 0 Å². The summed E-state index contributed by atoms with van der Waals surface area (Å²) in [6.45, 7) is 1.36. The maximum Gasteiger partial charge on any atom is 0.335 e. The second-order valence-corrected chi connectivity index (χ2v) is 6.96. The third-order valence-electron chi connectivity index (χ3n) is 4.90. The Labute approximate surface area is 167 Å². The summed E-state index contributed by atoms with van der Waals surface area (Å²) in [5.74, 6) is -0.0469. The van der Waals surface area contributed by atoms with E-state index in [9.17, 15) is 9.59 Å². The van der Waals surface area contributed by atoms with Crippen LogP contribution in [0.4, 0.5) is 4.79 Å². The molecular weight excluding hydrogens is 374 g/mol. The lowest BCUT2D eigenvalue weighted by Crippen LogP contribution is -2.39. The molecule has 0 saturated heterocycles. The minimum absolute atomic E-state index is 0.211. The Hall–Kier alpha value is -3.55. The minimum atomic E-state index is -0.978. The first-order chi connectivity index (χ1) is 14.1. The molecule has 0 spiro atoms. The maximum atomic E-state index is 12.0. The Morgan fingerprint density at radius 1 is 1.14 bits per heavy atom. The van der Waals surface area contributed by atoms with Crippen LogP contribution in [-0.4, -0.2) is 42.1 Å². The van der Waals surface area contributed by atoms with E-state index in [1.54, 1.807) is 12.1 Å². The van der Waals surface area contributed by atoms with Crippen LogP contribution in [0.15, 0.2) is 47.6 Å². The van der Waals surface area contributed by atoms with Gasteiger partial charge >= 0.3 is 12.0 Å². The summed E-state index contributed by atoms with van der Waals surface area (Å²) in [5.41, 5.74) is 4.09. The zero-order valence-corrected chi connectivity index (χ0v) is 15.7. The monoisotopic (exact) mass is 395 g/mol. The predicted octanol–water partition coefficient (Wildman–Crippen LogP) is 2.31. The van der Waals surface area contributed by atoms with Crippen LogP contribution in [0.5, 0.6) is 5.75 Å². The van der Waals surface area contributed by atoms with Crippen molar-refractivity contribution in [3.63, 3.8) is 0 Å². The van der Waals surface area contributed by atoms with Crippen LogP contribution < -0.4 is 15.4 Å². The van der Waals surface area contributed by atoms with E-state index in [0.29, 0.717) is 26.1 Å². The van der Waals surface area contributed by atoms with Gasteiger partial charge in [0, 0.05) is 19.4 Å². The number of carbonyl (C=O) groups excluding carboxylic acids is 1. The van der Waals surface area contributed by atoms with Crippen molar-refractivity contribution < 1.29 is 24.3 Å². The molecule has 1 atom stereocenters. The van der Waals surface area contributed by atoms with Gasteiger partial charge in [0.1, 0.15) is 5.75 Å². The number of amides is 2. The molecular formula is C21H21N3O5. The predicted molar refractivity (Wildman–Crippen MR) is 105 cm³/mol. The van der Waals surface area contributed by atoms with Crippen molar-refractivity contribution >= 4 is 17.7 Å². The van der Waals surface area contributed by atoms with Crippen molar-refractivity contribution in [2.45, 2.75) is 25.5 Å². The molecule has 1 unspecified atom stereocenters. The molecule has 8 heteroatoms. The fourth-order valence-corrected chi connectivity index (χ4v) is 3.29. The minimum Gasteiger partial charge on any atom is -0.493 e. The molecule has 0 aliphatic carbocycles. The highest BCUT2D eigenvalue weighted by Crippen LogP contribution is 2.27. The second kappa shape index (κ2) is 8.22. The van der Waals surface area contributed by atoms with E-state index in [4.69, 9.17) is 14.7 Å². The molecule has 0 fully saturated rings. The van der Waals surface area contributed by atoms with Crippen molar-refractivity contribution in [3.05, 3.63) is 64.7 Å². The molecule has 2 amide bonds. The van der Waals surface area contributed by atoms with Gasteiger partial charge in [0.2, 0.25) is 0 Å². The summed E-state index contributed by atoms with van der Waals surface area (Å²) < 4.78 is 5.52. The Balaban J connectivity index is 1.21. The standard InChI is InChI=1S/C21H21N3O5/c25-20(26)14-3-1-13(2-4-14)11-22-21(27)23-12-17-10-18(24-29-17)15-5-6-19-16(9-15)7-8-28-19/h1-6,9,17H,7-8,10-12H2,(H,25,26)(H2,22,23,27). The molecule has 150 valence electrons. The SMILES string of the molecule is O=C(NCc1ccc(C(=O)O)cc1)NCC1CC(c2ccc3c(c2)CCO3)=NO1. The van der Waals surface area contributed by atoms with Gasteiger partial charge < -0.3 is 25.3 Å². The van der Waals surface area contributed by atoms with Crippen molar-refractivity contribution in [3.8, 4) is 5.75 Å². The number of oxime groups is 1. The third kappa shape index (κ3) is 4.48. The third-order valence-corrected chi connectivity index (χ3v) is 4.90. The van der Waals surface area contributed by atoms with Crippen LogP contribution in [0.1, 0.15) is 33.5 Å². The molecule has 3 N–H and O–H groups in total. The molecule has 0 saturated carbocycles. The lowest BCUT2D eigenvalue weighted by Gasteiger charge is -2.11. The molecule has 2 aliphatic heterocycles. The number of nitrogens with one attached hydrogen (secondary N) is 2. The highest BCUT2D eigenvalue weighted by Gasteiger charge is 2.24. The highest BCUT2D eigenvalue weighted by molar-refractivity contribution is 6.01.